The average molecular weight is 443 g/mol. The third kappa shape index (κ3) is 4.89. The Morgan fingerprint density at radius 2 is 2.25 bits per heavy atom. The molecule has 0 unspecified atom stereocenters. The van der Waals surface area contributed by atoms with Crippen LogP contribution in [0.4, 0.5) is 4.39 Å². The molecule has 2 aromatic rings. The van der Waals surface area contributed by atoms with Gasteiger partial charge in [-0.1, -0.05) is 0 Å². The first-order valence-corrected chi connectivity index (χ1v) is 6.98. The van der Waals surface area contributed by atoms with Crippen molar-refractivity contribution in [3.63, 3.8) is 0 Å². The van der Waals surface area contributed by atoms with Gasteiger partial charge in [-0.25, -0.2) is 9.37 Å². The van der Waals surface area contributed by atoms with Crippen LogP contribution in [0, 0.1) is 17.1 Å². The summed E-state index contributed by atoms with van der Waals surface area (Å²) in [4.78, 5) is 10.2. The van der Waals surface area contributed by atoms with Crippen molar-refractivity contribution in [3.05, 3.63) is 47.3 Å². The molecule has 1 heterocycles. The van der Waals surface area contributed by atoms with Crippen molar-refractivity contribution in [2.75, 3.05) is 14.1 Å². The summed E-state index contributed by atoms with van der Waals surface area (Å²) in [5.41, 5.74) is 0.836. The van der Waals surface area contributed by atoms with Crippen LogP contribution in [0.1, 0.15) is 17.0 Å². The lowest BCUT2D eigenvalue weighted by molar-refractivity contribution is 0.447. The van der Waals surface area contributed by atoms with E-state index in [9.17, 15) is 4.39 Å². The van der Waals surface area contributed by atoms with Crippen molar-refractivity contribution in [1.82, 2.24) is 25.0 Å². The fourth-order valence-corrected chi connectivity index (χ4v) is 2.09. The molecule has 1 aromatic carbocycles. The first kappa shape index (κ1) is 19.8. The van der Waals surface area contributed by atoms with E-state index >= 15 is 0 Å². The molecule has 0 aliphatic carbocycles. The molecule has 0 amide bonds. The molecule has 0 fully saturated rings. The Kier molecular flexibility index (Phi) is 7.57. The molecule has 7 nitrogen and oxygen atoms in total. The Balaban J connectivity index is 0.00000288. The van der Waals surface area contributed by atoms with Gasteiger partial charge in [0.25, 0.3) is 0 Å². The smallest absolute Gasteiger partial charge is 0.194 e. The van der Waals surface area contributed by atoms with Crippen molar-refractivity contribution in [1.29, 1.82) is 5.26 Å². The van der Waals surface area contributed by atoms with E-state index < -0.39 is 0 Å². The van der Waals surface area contributed by atoms with Gasteiger partial charge in [0.05, 0.1) is 18.2 Å². The molecule has 1 N–H and O–H groups in total. The molecule has 24 heavy (non-hydrogen) atoms. The number of halogens is 2. The summed E-state index contributed by atoms with van der Waals surface area (Å²) < 4.78 is 15.5. The normalized spacial score (nSPS) is 10.7. The van der Waals surface area contributed by atoms with Crippen LogP contribution < -0.4 is 5.32 Å². The standard InChI is InChI=1S/C15H18FN7.HI/c1-18-15(22(2)9-14-20-10-21-23(14)3)19-8-12-6-11(7-17)4-5-13(12)16;/h4-6,10H,8-9H2,1-3H3,(H,18,19);1H. The first-order valence-electron chi connectivity index (χ1n) is 6.98. The average Bonchev–Trinajstić information content (AvgIpc) is 2.94. The van der Waals surface area contributed by atoms with Gasteiger partial charge in [0, 0.05) is 33.3 Å². The Hall–Kier alpha value is -2.22. The monoisotopic (exact) mass is 443 g/mol. The highest BCUT2D eigenvalue weighted by molar-refractivity contribution is 14.0. The third-order valence-corrected chi connectivity index (χ3v) is 3.37. The Labute approximate surface area is 157 Å². The Morgan fingerprint density at radius 1 is 1.50 bits per heavy atom. The van der Waals surface area contributed by atoms with Crippen LogP contribution in [0.5, 0.6) is 0 Å². The number of rotatable bonds is 4. The second kappa shape index (κ2) is 9.17. The van der Waals surface area contributed by atoms with E-state index in [1.165, 1.54) is 24.5 Å². The molecule has 0 aliphatic rings. The molecular formula is C15H19FIN7. The molecule has 0 atom stereocenters. The molecule has 128 valence electrons. The second-order valence-electron chi connectivity index (χ2n) is 4.97. The van der Waals surface area contributed by atoms with Crippen molar-refractivity contribution in [3.8, 4) is 6.07 Å². The van der Waals surface area contributed by atoms with E-state index in [-0.39, 0.29) is 36.3 Å². The topological polar surface area (TPSA) is 82.1 Å². The predicted molar refractivity (Wildman–Crippen MR) is 99.2 cm³/mol. The van der Waals surface area contributed by atoms with Crippen LogP contribution in [0.2, 0.25) is 0 Å². The summed E-state index contributed by atoms with van der Waals surface area (Å²) in [6.07, 6.45) is 1.49. The molecule has 1 aromatic heterocycles. The molecule has 2 rings (SSSR count). The lowest BCUT2D eigenvalue weighted by atomic mass is 10.1. The number of aliphatic imine (C=N–C) groups is 1. The van der Waals surface area contributed by atoms with Crippen molar-refractivity contribution < 1.29 is 4.39 Å². The Morgan fingerprint density at radius 3 is 2.83 bits per heavy atom. The van der Waals surface area contributed by atoms with Crippen LogP contribution in [0.25, 0.3) is 0 Å². The highest BCUT2D eigenvalue weighted by Gasteiger charge is 2.11. The molecule has 0 radical (unpaired) electrons. The number of aryl methyl sites for hydroxylation is 1. The van der Waals surface area contributed by atoms with E-state index in [1.807, 2.05) is 25.1 Å². The molecule has 0 bridgehead atoms. The van der Waals surface area contributed by atoms with Gasteiger partial charge in [0.1, 0.15) is 18.0 Å². The summed E-state index contributed by atoms with van der Waals surface area (Å²) in [5.74, 6) is 1.02. The maximum Gasteiger partial charge on any atom is 0.194 e. The van der Waals surface area contributed by atoms with E-state index in [2.05, 4.69) is 20.4 Å². The predicted octanol–water partition coefficient (Wildman–Crippen LogP) is 1.65. The minimum atomic E-state index is -0.358. The van der Waals surface area contributed by atoms with Gasteiger partial charge < -0.3 is 10.2 Å². The van der Waals surface area contributed by atoms with Gasteiger partial charge in [0.2, 0.25) is 0 Å². The molecule has 0 spiro atoms. The number of nitrogens with one attached hydrogen (secondary N) is 1. The van der Waals surface area contributed by atoms with E-state index in [0.717, 1.165) is 5.82 Å². The SMILES string of the molecule is CN=C(NCc1cc(C#N)ccc1F)N(C)Cc1ncnn1C.I. The minimum absolute atomic E-state index is 0. The summed E-state index contributed by atoms with van der Waals surface area (Å²) in [6, 6.07) is 6.27. The number of benzene rings is 1. The van der Waals surface area contributed by atoms with Crippen LogP contribution in [-0.4, -0.2) is 39.7 Å². The van der Waals surface area contributed by atoms with Crippen LogP contribution in [0.3, 0.4) is 0 Å². The van der Waals surface area contributed by atoms with Crippen LogP contribution in [-0.2, 0) is 20.1 Å². The maximum atomic E-state index is 13.8. The Bertz CT molecular complexity index is 751. The first-order chi connectivity index (χ1) is 11.0. The zero-order valence-electron chi connectivity index (χ0n) is 13.7. The summed E-state index contributed by atoms with van der Waals surface area (Å²) >= 11 is 0. The van der Waals surface area contributed by atoms with Crippen molar-refractivity contribution in [2.24, 2.45) is 12.0 Å². The number of hydrogen-bond donors (Lipinski definition) is 1. The fourth-order valence-electron chi connectivity index (χ4n) is 2.09. The van der Waals surface area contributed by atoms with Crippen LogP contribution in [0.15, 0.2) is 29.5 Å². The summed E-state index contributed by atoms with van der Waals surface area (Å²) in [6.45, 7) is 0.744. The second-order valence-corrected chi connectivity index (χ2v) is 4.97. The zero-order valence-corrected chi connectivity index (χ0v) is 16.0. The highest BCUT2D eigenvalue weighted by Crippen LogP contribution is 2.10. The summed E-state index contributed by atoms with van der Waals surface area (Å²) in [7, 11) is 5.32. The number of nitrogens with zero attached hydrogens (tertiary/aromatic N) is 6. The number of hydrogen-bond acceptors (Lipinski definition) is 4. The molecular weight excluding hydrogens is 424 g/mol. The van der Waals surface area contributed by atoms with Gasteiger partial charge in [-0.3, -0.25) is 9.67 Å². The molecule has 9 heteroatoms. The van der Waals surface area contributed by atoms with Gasteiger partial charge in [-0.05, 0) is 18.2 Å². The van der Waals surface area contributed by atoms with E-state index in [0.29, 0.717) is 23.6 Å². The van der Waals surface area contributed by atoms with Gasteiger partial charge in [-0.2, -0.15) is 10.4 Å². The van der Waals surface area contributed by atoms with Gasteiger partial charge in [-0.15, -0.1) is 24.0 Å². The van der Waals surface area contributed by atoms with E-state index in [4.69, 9.17) is 5.26 Å². The largest absolute Gasteiger partial charge is 0.352 e. The van der Waals surface area contributed by atoms with E-state index in [1.54, 1.807) is 11.7 Å². The summed E-state index contributed by atoms with van der Waals surface area (Å²) in [5, 5.41) is 16.0. The minimum Gasteiger partial charge on any atom is -0.352 e. The zero-order chi connectivity index (χ0) is 16.8. The number of aromatic nitrogens is 3. The lowest BCUT2D eigenvalue weighted by Gasteiger charge is -2.21. The quantitative estimate of drug-likeness (QED) is 0.442. The molecule has 0 saturated carbocycles. The van der Waals surface area contributed by atoms with Crippen molar-refractivity contribution in [2.45, 2.75) is 13.1 Å². The number of nitriles is 1. The molecule has 0 aliphatic heterocycles. The lowest BCUT2D eigenvalue weighted by Crippen LogP contribution is -2.38. The maximum absolute atomic E-state index is 13.8. The molecule has 0 saturated heterocycles. The van der Waals surface area contributed by atoms with Crippen LogP contribution >= 0.6 is 24.0 Å². The fraction of sp³-hybridized carbons (Fsp3) is 0.333. The van der Waals surface area contributed by atoms with Gasteiger partial charge >= 0.3 is 0 Å². The highest BCUT2D eigenvalue weighted by atomic mass is 127. The number of guanidine groups is 1. The van der Waals surface area contributed by atoms with Crippen molar-refractivity contribution >= 4 is 29.9 Å². The van der Waals surface area contributed by atoms with Gasteiger partial charge in [0.15, 0.2) is 5.96 Å². The third-order valence-electron chi connectivity index (χ3n) is 3.37.